The maximum atomic E-state index is 13.4. The molecule has 4 aromatic rings. The zero-order chi connectivity index (χ0) is 15.8. The third-order valence-electron chi connectivity index (χ3n) is 3.52. The van der Waals surface area contributed by atoms with Crippen molar-refractivity contribution in [1.82, 2.24) is 24.5 Å². The number of fused-ring (bicyclic) bond motifs is 1. The maximum absolute atomic E-state index is 13.4. The van der Waals surface area contributed by atoms with Crippen LogP contribution in [0, 0.1) is 11.6 Å². The van der Waals surface area contributed by atoms with Crippen LogP contribution in [0.3, 0.4) is 0 Å². The van der Waals surface area contributed by atoms with E-state index in [0.717, 1.165) is 17.6 Å². The van der Waals surface area contributed by atoms with E-state index in [1.807, 2.05) is 16.7 Å². The van der Waals surface area contributed by atoms with Gasteiger partial charge in [0.25, 0.3) is 0 Å². The highest BCUT2D eigenvalue weighted by atomic mass is 19.2. The standard InChI is InChI=1S/C16H11F2N5/c17-11-4-3-10(8-12(11)18)16-20-6-7-23(16)9-14-21-13-2-1-5-19-15(13)22-14/h1-8H,9H2,(H,19,21,22). The second-order valence-electron chi connectivity index (χ2n) is 5.07. The van der Waals surface area contributed by atoms with Crippen LogP contribution in [-0.4, -0.2) is 24.5 Å². The van der Waals surface area contributed by atoms with Crippen LogP contribution in [0.25, 0.3) is 22.6 Å². The Kier molecular flexibility index (Phi) is 3.11. The highest BCUT2D eigenvalue weighted by molar-refractivity contribution is 5.69. The molecule has 0 aliphatic carbocycles. The van der Waals surface area contributed by atoms with Gasteiger partial charge in [-0.15, -0.1) is 0 Å². The highest BCUT2D eigenvalue weighted by Crippen LogP contribution is 2.21. The Morgan fingerprint density at radius 1 is 1.04 bits per heavy atom. The molecule has 1 aromatic carbocycles. The number of nitrogens with one attached hydrogen (secondary N) is 1. The number of hydrogen-bond acceptors (Lipinski definition) is 3. The lowest BCUT2D eigenvalue weighted by molar-refractivity contribution is 0.509. The predicted molar refractivity (Wildman–Crippen MR) is 80.6 cm³/mol. The molecule has 3 heterocycles. The van der Waals surface area contributed by atoms with Crippen LogP contribution in [0.4, 0.5) is 8.78 Å². The van der Waals surface area contributed by atoms with Crippen molar-refractivity contribution in [3.8, 4) is 11.4 Å². The Morgan fingerprint density at radius 3 is 2.78 bits per heavy atom. The van der Waals surface area contributed by atoms with Gasteiger partial charge in [0.1, 0.15) is 11.6 Å². The molecule has 0 radical (unpaired) electrons. The van der Waals surface area contributed by atoms with Crippen LogP contribution in [0.1, 0.15) is 5.82 Å². The van der Waals surface area contributed by atoms with Crippen LogP contribution in [-0.2, 0) is 6.54 Å². The number of aromatic amines is 1. The summed E-state index contributed by atoms with van der Waals surface area (Å²) >= 11 is 0. The molecule has 0 amide bonds. The SMILES string of the molecule is Fc1ccc(-c2nccn2Cc2nc3ncccc3[nH]2)cc1F. The molecular formula is C16H11F2N5. The average molecular weight is 311 g/mol. The van der Waals surface area contributed by atoms with E-state index in [4.69, 9.17) is 0 Å². The number of pyridine rings is 1. The monoisotopic (exact) mass is 311 g/mol. The number of imidazole rings is 2. The largest absolute Gasteiger partial charge is 0.339 e. The molecule has 23 heavy (non-hydrogen) atoms. The number of nitrogens with zero attached hydrogens (tertiary/aromatic N) is 4. The van der Waals surface area contributed by atoms with Gasteiger partial charge in [-0.3, -0.25) is 0 Å². The summed E-state index contributed by atoms with van der Waals surface area (Å²) in [5.41, 5.74) is 1.98. The molecule has 3 aromatic heterocycles. The topological polar surface area (TPSA) is 59.4 Å². The summed E-state index contributed by atoms with van der Waals surface area (Å²) in [5, 5.41) is 0. The summed E-state index contributed by atoms with van der Waals surface area (Å²) in [5.74, 6) is -0.530. The van der Waals surface area contributed by atoms with Gasteiger partial charge < -0.3 is 9.55 Å². The van der Waals surface area contributed by atoms with E-state index < -0.39 is 11.6 Å². The molecule has 0 fully saturated rings. The summed E-state index contributed by atoms with van der Waals surface area (Å²) in [6.07, 6.45) is 5.05. The number of halogens is 2. The third kappa shape index (κ3) is 2.46. The van der Waals surface area contributed by atoms with E-state index in [0.29, 0.717) is 29.4 Å². The first-order valence-electron chi connectivity index (χ1n) is 6.97. The number of rotatable bonds is 3. The van der Waals surface area contributed by atoms with E-state index in [1.54, 1.807) is 18.6 Å². The summed E-state index contributed by atoms with van der Waals surface area (Å²) in [7, 11) is 0. The van der Waals surface area contributed by atoms with Crippen LogP contribution < -0.4 is 0 Å². The lowest BCUT2D eigenvalue weighted by Crippen LogP contribution is -2.03. The smallest absolute Gasteiger partial charge is 0.177 e. The molecule has 7 heteroatoms. The Labute approximate surface area is 129 Å². The molecule has 114 valence electrons. The molecule has 0 bridgehead atoms. The molecule has 0 aliphatic rings. The zero-order valence-corrected chi connectivity index (χ0v) is 11.9. The van der Waals surface area contributed by atoms with Crippen molar-refractivity contribution < 1.29 is 8.78 Å². The van der Waals surface area contributed by atoms with Crippen LogP contribution in [0.15, 0.2) is 48.9 Å². The van der Waals surface area contributed by atoms with E-state index >= 15 is 0 Å². The van der Waals surface area contributed by atoms with Crippen molar-refractivity contribution in [1.29, 1.82) is 0 Å². The quantitative estimate of drug-likeness (QED) is 0.632. The number of benzene rings is 1. The third-order valence-corrected chi connectivity index (χ3v) is 3.52. The van der Waals surface area contributed by atoms with Crippen molar-refractivity contribution in [2.45, 2.75) is 6.54 Å². The molecule has 5 nitrogen and oxygen atoms in total. The summed E-state index contributed by atoms with van der Waals surface area (Å²) in [6.45, 7) is 0.421. The van der Waals surface area contributed by atoms with Crippen molar-refractivity contribution in [3.63, 3.8) is 0 Å². The van der Waals surface area contributed by atoms with Crippen molar-refractivity contribution >= 4 is 11.2 Å². The van der Waals surface area contributed by atoms with Crippen LogP contribution in [0.5, 0.6) is 0 Å². The van der Waals surface area contributed by atoms with E-state index in [-0.39, 0.29) is 0 Å². The lowest BCUT2D eigenvalue weighted by Gasteiger charge is -2.06. The summed E-state index contributed by atoms with van der Waals surface area (Å²) in [4.78, 5) is 16.0. The molecular weight excluding hydrogens is 300 g/mol. The van der Waals surface area contributed by atoms with Crippen molar-refractivity contribution in [3.05, 3.63) is 66.4 Å². The first kappa shape index (κ1) is 13.6. The number of H-pyrrole nitrogens is 1. The minimum absolute atomic E-state index is 0.421. The first-order valence-corrected chi connectivity index (χ1v) is 6.97. The van der Waals surface area contributed by atoms with Gasteiger partial charge in [0.2, 0.25) is 0 Å². The number of hydrogen-bond donors (Lipinski definition) is 1. The van der Waals surface area contributed by atoms with Crippen LogP contribution >= 0.6 is 0 Å². The molecule has 0 aliphatic heterocycles. The molecule has 0 saturated heterocycles. The molecule has 1 N–H and O–H groups in total. The fraction of sp³-hybridized carbons (Fsp3) is 0.0625. The van der Waals surface area contributed by atoms with E-state index in [9.17, 15) is 8.78 Å². The fourth-order valence-electron chi connectivity index (χ4n) is 2.46. The summed E-state index contributed by atoms with van der Waals surface area (Å²) in [6, 6.07) is 7.44. The van der Waals surface area contributed by atoms with Gasteiger partial charge in [0.05, 0.1) is 12.1 Å². The average Bonchev–Trinajstić information content (AvgIpc) is 3.16. The maximum Gasteiger partial charge on any atom is 0.177 e. The van der Waals surface area contributed by atoms with Crippen molar-refractivity contribution in [2.24, 2.45) is 0 Å². The Morgan fingerprint density at radius 2 is 1.96 bits per heavy atom. The minimum Gasteiger partial charge on any atom is -0.339 e. The second kappa shape index (κ2) is 5.28. The Bertz CT molecular complexity index is 956. The lowest BCUT2D eigenvalue weighted by atomic mass is 10.2. The highest BCUT2D eigenvalue weighted by Gasteiger charge is 2.11. The van der Waals surface area contributed by atoms with Gasteiger partial charge in [-0.05, 0) is 30.3 Å². The van der Waals surface area contributed by atoms with Gasteiger partial charge in [-0.25, -0.2) is 23.7 Å². The molecule has 0 saturated carbocycles. The van der Waals surface area contributed by atoms with Crippen molar-refractivity contribution in [2.75, 3.05) is 0 Å². The summed E-state index contributed by atoms with van der Waals surface area (Å²) < 4.78 is 28.3. The molecule has 4 rings (SSSR count). The predicted octanol–water partition coefficient (Wildman–Crippen LogP) is 3.15. The zero-order valence-electron chi connectivity index (χ0n) is 11.9. The van der Waals surface area contributed by atoms with E-state index in [1.165, 1.54) is 6.07 Å². The molecule has 0 unspecified atom stereocenters. The van der Waals surface area contributed by atoms with E-state index in [2.05, 4.69) is 19.9 Å². The van der Waals surface area contributed by atoms with Gasteiger partial charge in [0, 0.05) is 24.2 Å². The minimum atomic E-state index is -0.898. The fourth-order valence-corrected chi connectivity index (χ4v) is 2.46. The van der Waals surface area contributed by atoms with Gasteiger partial charge >= 0.3 is 0 Å². The Hall–Kier alpha value is -3.09. The van der Waals surface area contributed by atoms with Gasteiger partial charge in [-0.1, -0.05) is 0 Å². The molecule has 0 atom stereocenters. The van der Waals surface area contributed by atoms with Gasteiger partial charge in [0.15, 0.2) is 17.3 Å². The van der Waals surface area contributed by atoms with Crippen LogP contribution in [0.2, 0.25) is 0 Å². The normalized spacial score (nSPS) is 11.2. The molecule has 0 spiro atoms. The van der Waals surface area contributed by atoms with Gasteiger partial charge in [-0.2, -0.15) is 0 Å². The second-order valence-corrected chi connectivity index (χ2v) is 5.07. The number of aromatic nitrogens is 5. The first-order chi connectivity index (χ1) is 11.2. The Balaban J connectivity index is 1.70.